The molecular formula is C9H5BrClN3O4S2. The van der Waals surface area contributed by atoms with Crippen molar-refractivity contribution in [2.24, 2.45) is 0 Å². The average molecular weight is 399 g/mol. The summed E-state index contributed by atoms with van der Waals surface area (Å²) in [5, 5.41) is 10.7. The van der Waals surface area contributed by atoms with Gasteiger partial charge in [0.25, 0.3) is 15.7 Å². The maximum atomic E-state index is 12.1. The number of rotatable bonds is 4. The van der Waals surface area contributed by atoms with Crippen LogP contribution in [-0.2, 0) is 10.0 Å². The minimum absolute atomic E-state index is 0.0830. The highest BCUT2D eigenvalue weighted by atomic mass is 79.9. The third-order valence-electron chi connectivity index (χ3n) is 2.10. The van der Waals surface area contributed by atoms with Crippen LogP contribution in [0.4, 0.5) is 11.5 Å². The van der Waals surface area contributed by atoms with Gasteiger partial charge in [-0.05, 0) is 28.1 Å². The Morgan fingerprint density at radius 1 is 1.50 bits per heavy atom. The van der Waals surface area contributed by atoms with Gasteiger partial charge in [0.15, 0.2) is 10.2 Å². The molecule has 2 rings (SSSR count). The molecule has 0 fully saturated rings. The number of hydrogen-bond donors (Lipinski definition) is 1. The highest BCUT2D eigenvalue weighted by molar-refractivity contribution is 9.10. The van der Waals surface area contributed by atoms with Crippen LogP contribution in [0.2, 0.25) is 4.34 Å². The summed E-state index contributed by atoms with van der Waals surface area (Å²) in [5.74, 6) is 0.0830. The van der Waals surface area contributed by atoms with Crippen LogP contribution in [0, 0.1) is 10.1 Å². The largest absolute Gasteiger partial charge is 0.300 e. The van der Waals surface area contributed by atoms with E-state index in [4.69, 9.17) is 11.6 Å². The smallest absolute Gasteiger partial charge is 0.262 e. The van der Waals surface area contributed by atoms with Crippen LogP contribution in [0.1, 0.15) is 0 Å². The fourth-order valence-corrected chi connectivity index (χ4v) is 4.41. The first-order chi connectivity index (χ1) is 9.31. The molecule has 20 heavy (non-hydrogen) atoms. The Hall–Kier alpha value is -1.23. The van der Waals surface area contributed by atoms with E-state index in [1.807, 2.05) is 0 Å². The van der Waals surface area contributed by atoms with Gasteiger partial charge in [-0.15, -0.1) is 11.3 Å². The second-order valence-electron chi connectivity index (χ2n) is 3.42. The Morgan fingerprint density at radius 3 is 2.75 bits per heavy atom. The van der Waals surface area contributed by atoms with Crippen molar-refractivity contribution >= 4 is 60.4 Å². The maximum absolute atomic E-state index is 12.1. The summed E-state index contributed by atoms with van der Waals surface area (Å²) in [4.78, 5) is 13.8. The predicted molar refractivity (Wildman–Crippen MR) is 78.7 cm³/mol. The van der Waals surface area contributed by atoms with Gasteiger partial charge < -0.3 is 0 Å². The number of nitrogens with one attached hydrogen (secondary N) is 1. The van der Waals surface area contributed by atoms with Crippen LogP contribution in [0.25, 0.3) is 0 Å². The minimum Gasteiger partial charge on any atom is -0.262 e. The lowest BCUT2D eigenvalue weighted by Crippen LogP contribution is -2.12. The number of hydrogen-bond acceptors (Lipinski definition) is 6. The van der Waals surface area contributed by atoms with Gasteiger partial charge in [-0.1, -0.05) is 11.6 Å². The zero-order valence-corrected chi connectivity index (χ0v) is 13.4. The van der Waals surface area contributed by atoms with Crippen LogP contribution in [0.3, 0.4) is 0 Å². The molecule has 2 aromatic rings. The summed E-state index contributed by atoms with van der Waals surface area (Å²) in [5.41, 5.74) is -0.447. The molecule has 0 radical (unpaired) electrons. The molecule has 0 amide bonds. The first-order valence-electron chi connectivity index (χ1n) is 4.88. The van der Waals surface area contributed by atoms with Crippen LogP contribution >= 0.6 is 38.9 Å². The summed E-state index contributed by atoms with van der Waals surface area (Å²) in [6.45, 7) is 0. The fourth-order valence-electron chi connectivity index (χ4n) is 1.23. The summed E-state index contributed by atoms with van der Waals surface area (Å²) < 4.78 is 26.4. The number of aromatic nitrogens is 1. The number of thiophene rings is 1. The number of nitro groups is 1. The standard InChI is InChI=1S/C9H5BrClN3O4S2/c10-5-2-1-3-12-9(5)13-20(17,18)7-4-6(14(15)16)8(11)19-7/h1-4H,(H,12,13). The molecule has 0 aliphatic carbocycles. The molecule has 0 bridgehead atoms. The summed E-state index contributed by atoms with van der Waals surface area (Å²) in [6.07, 6.45) is 1.41. The van der Waals surface area contributed by atoms with Crippen molar-refractivity contribution in [3.05, 3.63) is 43.3 Å². The van der Waals surface area contributed by atoms with E-state index in [1.54, 1.807) is 12.1 Å². The van der Waals surface area contributed by atoms with Crippen molar-refractivity contribution in [3.8, 4) is 0 Å². The second kappa shape index (κ2) is 5.64. The van der Waals surface area contributed by atoms with Crippen LogP contribution in [-0.4, -0.2) is 18.3 Å². The molecular weight excluding hydrogens is 394 g/mol. The molecule has 2 heterocycles. The van der Waals surface area contributed by atoms with E-state index in [9.17, 15) is 18.5 Å². The van der Waals surface area contributed by atoms with Gasteiger partial charge in [0, 0.05) is 12.3 Å². The molecule has 2 aromatic heterocycles. The molecule has 7 nitrogen and oxygen atoms in total. The van der Waals surface area contributed by atoms with Gasteiger partial charge in [-0.3, -0.25) is 14.8 Å². The van der Waals surface area contributed by atoms with E-state index in [-0.39, 0.29) is 14.4 Å². The quantitative estimate of drug-likeness (QED) is 0.629. The summed E-state index contributed by atoms with van der Waals surface area (Å²) in [6, 6.07) is 4.13. The number of sulfonamides is 1. The Balaban J connectivity index is 2.39. The van der Waals surface area contributed by atoms with Gasteiger partial charge in [-0.25, -0.2) is 13.4 Å². The van der Waals surface area contributed by atoms with Gasteiger partial charge in [0.05, 0.1) is 9.40 Å². The highest BCUT2D eigenvalue weighted by Crippen LogP contribution is 2.37. The van der Waals surface area contributed by atoms with Gasteiger partial charge >= 0.3 is 0 Å². The maximum Gasteiger partial charge on any atom is 0.300 e. The summed E-state index contributed by atoms with van der Waals surface area (Å²) in [7, 11) is -3.98. The molecule has 0 unspecified atom stereocenters. The van der Waals surface area contributed by atoms with Crippen molar-refractivity contribution in [3.63, 3.8) is 0 Å². The Kier molecular flexibility index (Phi) is 4.28. The van der Waals surface area contributed by atoms with Crippen LogP contribution < -0.4 is 4.72 Å². The molecule has 106 valence electrons. The van der Waals surface area contributed by atoms with Gasteiger partial charge in [0.1, 0.15) is 4.21 Å². The zero-order valence-electron chi connectivity index (χ0n) is 9.41. The first-order valence-corrected chi connectivity index (χ1v) is 8.35. The van der Waals surface area contributed by atoms with Crippen LogP contribution in [0.15, 0.2) is 33.1 Å². The molecule has 0 saturated heterocycles. The minimum atomic E-state index is -3.98. The van der Waals surface area contributed by atoms with E-state index in [0.717, 1.165) is 6.07 Å². The SMILES string of the molecule is O=[N+]([O-])c1cc(S(=O)(=O)Nc2ncccc2Br)sc1Cl. The van der Waals surface area contributed by atoms with E-state index in [2.05, 4.69) is 25.6 Å². The lowest BCUT2D eigenvalue weighted by Gasteiger charge is -2.06. The third-order valence-corrected chi connectivity index (χ3v) is 5.89. The number of pyridine rings is 1. The van der Waals surface area contributed by atoms with E-state index < -0.39 is 20.6 Å². The van der Waals surface area contributed by atoms with Crippen molar-refractivity contribution < 1.29 is 13.3 Å². The van der Waals surface area contributed by atoms with Gasteiger partial charge in [0.2, 0.25) is 0 Å². The Morgan fingerprint density at radius 2 is 2.20 bits per heavy atom. The molecule has 0 aliphatic heterocycles. The normalized spacial score (nSPS) is 11.3. The van der Waals surface area contributed by atoms with Crippen molar-refractivity contribution in [2.45, 2.75) is 4.21 Å². The molecule has 11 heteroatoms. The molecule has 1 N–H and O–H groups in total. The first kappa shape index (κ1) is 15.2. The second-order valence-corrected chi connectivity index (χ2v) is 7.84. The zero-order chi connectivity index (χ0) is 14.9. The molecule has 0 atom stereocenters. The Labute approximate surface area is 130 Å². The van der Waals surface area contributed by atoms with Crippen molar-refractivity contribution in [2.75, 3.05) is 4.72 Å². The monoisotopic (exact) mass is 397 g/mol. The fraction of sp³-hybridized carbons (Fsp3) is 0. The highest BCUT2D eigenvalue weighted by Gasteiger charge is 2.26. The number of anilines is 1. The third kappa shape index (κ3) is 3.08. The summed E-state index contributed by atoms with van der Waals surface area (Å²) >= 11 is 9.39. The van der Waals surface area contributed by atoms with E-state index in [0.29, 0.717) is 15.8 Å². The lowest BCUT2D eigenvalue weighted by atomic mass is 10.5. The average Bonchev–Trinajstić information content (AvgIpc) is 2.75. The van der Waals surface area contributed by atoms with Gasteiger partial charge in [-0.2, -0.15) is 0 Å². The lowest BCUT2D eigenvalue weighted by molar-refractivity contribution is -0.384. The number of halogens is 2. The Bertz CT molecular complexity index is 777. The molecule has 0 aliphatic rings. The predicted octanol–water partition coefficient (Wildman–Crippen LogP) is 3.27. The molecule has 0 aromatic carbocycles. The molecule has 0 saturated carbocycles. The van der Waals surface area contributed by atoms with E-state index in [1.165, 1.54) is 6.20 Å². The van der Waals surface area contributed by atoms with E-state index >= 15 is 0 Å². The van der Waals surface area contributed by atoms with Crippen LogP contribution in [0.5, 0.6) is 0 Å². The number of nitrogens with zero attached hydrogens (tertiary/aromatic N) is 2. The topological polar surface area (TPSA) is 102 Å². The van der Waals surface area contributed by atoms with Crippen molar-refractivity contribution in [1.29, 1.82) is 0 Å². The molecule has 0 spiro atoms. The van der Waals surface area contributed by atoms with Crippen molar-refractivity contribution in [1.82, 2.24) is 4.98 Å².